The Balaban J connectivity index is 1.64. The first-order valence-corrected chi connectivity index (χ1v) is 10.8. The summed E-state index contributed by atoms with van der Waals surface area (Å²) in [6.45, 7) is 2.43. The first-order valence-electron chi connectivity index (χ1n) is 9.18. The maximum atomic E-state index is 12.6. The number of nitrogens with zero attached hydrogens (tertiary/aromatic N) is 1. The molecular formula is C21H20ClNO4S2. The summed E-state index contributed by atoms with van der Waals surface area (Å²) in [4.78, 5) is 25.3. The molecule has 1 aliphatic heterocycles. The number of carbonyl (C=O) groups excluding carboxylic acids is 1. The quantitative estimate of drug-likeness (QED) is 0.314. The molecule has 0 atom stereocenters. The molecule has 1 fully saturated rings. The van der Waals surface area contributed by atoms with Crippen LogP contribution in [0.25, 0.3) is 17.4 Å². The van der Waals surface area contributed by atoms with Crippen molar-refractivity contribution < 1.29 is 19.1 Å². The van der Waals surface area contributed by atoms with Crippen molar-refractivity contribution >= 4 is 57.9 Å². The van der Waals surface area contributed by atoms with Crippen LogP contribution in [-0.2, 0) is 9.59 Å². The molecule has 0 radical (unpaired) electrons. The van der Waals surface area contributed by atoms with E-state index < -0.39 is 5.97 Å². The monoisotopic (exact) mass is 449 g/mol. The van der Waals surface area contributed by atoms with Crippen molar-refractivity contribution in [2.75, 3.05) is 6.54 Å². The first kappa shape index (κ1) is 21.6. The maximum absolute atomic E-state index is 12.6. The second kappa shape index (κ2) is 9.61. The molecule has 5 nitrogen and oxygen atoms in total. The van der Waals surface area contributed by atoms with Gasteiger partial charge in [-0.3, -0.25) is 14.5 Å². The average Bonchev–Trinajstić information content (AvgIpc) is 3.23. The topological polar surface area (TPSA) is 70.8 Å². The fourth-order valence-corrected chi connectivity index (χ4v) is 4.35. The van der Waals surface area contributed by atoms with Crippen LogP contribution in [0, 0.1) is 6.92 Å². The second-order valence-electron chi connectivity index (χ2n) is 6.70. The molecule has 1 N–H and O–H groups in total. The molecule has 1 saturated heterocycles. The van der Waals surface area contributed by atoms with Gasteiger partial charge in [-0.25, -0.2) is 0 Å². The molecule has 0 saturated carbocycles. The molecule has 0 spiro atoms. The largest absolute Gasteiger partial charge is 0.481 e. The molecule has 0 bridgehead atoms. The molecule has 0 unspecified atom stereocenters. The molecule has 2 aromatic rings. The molecular weight excluding hydrogens is 430 g/mol. The lowest BCUT2D eigenvalue weighted by Crippen LogP contribution is -2.29. The number of benzene rings is 1. The third kappa shape index (κ3) is 5.50. The highest BCUT2D eigenvalue weighted by molar-refractivity contribution is 8.26. The predicted molar refractivity (Wildman–Crippen MR) is 120 cm³/mol. The molecule has 1 aliphatic rings. The number of rotatable bonds is 8. The third-order valence-corrected chi connectivity index (χ3v) is 6.29. The van der Waals surface area contributed by atoms with Gasteiger partial charge in [-0.15, -0.1) is 0 Å². The average molecular weight is 450 g/mol. The molecule has 3 rings (SSSR count). The van der Waals surface area contributed by atoms with E-state index >= 15 is 0 Å². The second-order valence-corrected chi connectivity index (χ2v) is 8.79. The standard InChI is InChI=1S/C21H20ClNO4S2/c1-13-6-7-14(11-16(13)22)17-9-8-15(27-17)12-18-20(26)23(21(28)29-18)10-4-2-3-5-19(24)25/h6-9,11-12H,2-5,10H2,1H3,(H,24,25)/b18-12-. The third-order valence-electron chi connectivity index (χ3n) is 4.50. The Bertz CT molecular complexity index is 983. The summed E-state index contributed by atoms with van der Waals surface area (Å²) < 4.78 is 6.37. The van der Waals surface area contributed by atoms with Gasteiger partial charge in [-0.05, 0) is 43.5 Å². The zero-order valence-electron chi connectivity index (χ0n) is 15.8. The summed E-state index contributed by atoms with van der Waals surface area (Å²) in [6.07, 6.45) is 3.89. The number of unbranched alkanes of at least 4 members (excludes halogenated alkanes) is 2. The number of carbonyl (C=O) groups is 2. The van der Waals surface area contributed by atoms with Gasteiger partial charge in [-0.1, -0.05) is 54.1 Å². The van der Waals surface area contributed by atoms with E-state index in [1.165, 1.54) is 11.8 Å². The van der Waals surface area contributed by atoms with Crippen molar-refractivity contribution in [2.45, 2.75) is 32.6 Å². The van der Waals surface area contributed by atoms with Crippen molar-refractivity contribution in [3.8, 4) is 11.3 Å². The highest BCUT2D eigenvalue weighted by atomic mass is 35.5. The first-order chi connectivity index (χ1) is 13.8. The van der Waals surface area contributed by atoms with Crippen LogP contribution in [0.4, 0.5) is 0 Å². The van der Waals surface area contributed by atoms with Gasteiger partial charge in [0, 0.05) is 29.6 Å². The Morgan fingerprint density at radius 3 is 2.79 bits per heavy atom. The zero-order valence-corrected chi connectivity index (χ0v) is 18.2. The lowest BCUT2D eigenvalue weighted by atomic mass is 10.1. The number of thioether (sulfide) groups is 1. The fourth-order valence-electron chi connectivity index (χ4n) is 2.88. The molecule has 1 aromatic heterocycles. The van der Waals surface area contributed by atoms with E-state index in [0.29, 0.717) is 45.2 Å². The summed E-state index contributed by atoms with van der Waals surface area (Å²) in [5, 5.41) is 9.34. The van der Waals surface area contributed by atoms with Crippen LogP contribution in [0.5, 0.6) is 0 Å². The Morgan fingerprint density at radius 2 is 2.07 bits per heavy atom. The van der Waals surface area contributed by atoms with Crippen molar-refractivity contribution in [1.29, 1.82) is 0 Å². The van der Waals surface area contributed by atoms with Crippen LogP contribution in [0.3, 0.4) is 0 Å². The van der Waals surface area contributed by atoms with E-state index in [-0.39, 0.29) is 12.3 Å². The lowest BCUT2D eigenvalue weighted by Gasteiger charge is -2.13. The van der Waals surface area contributed by atoms with Gasteiger partial charge >= 0.3 is 5.97 Å². The minimum atomic E-state index is -0.802. The van der Waals surface area contributed by atoms with Gasteiger partial charge in [0.2, 0.25) is 0 Å². The molecule has 1 aromatic carbocycles. The van der Waals surface area contributed by atoms with Crippen LogP contribution in [-0.4, -0.2) is 32.7 Å². The number of hydrogen-bond acceptors (Lipinski definition) is 5. The fraction of sp³-hybridized carbons (Fsp3) is 0.286. The number of thiocarbonyl (C=S) groups is 1. The molecule has 8 heteroatoms. The van der Waals surface area contributed by atoms with Crippen LogP contribution in [0.15, 0.2) is 39.7 Å². The molecule has 0 aliphatic carbocycles. The maximum Gasteiger partial charge on any atom is 0.303 e. The van der Waals surface area contributed by atoms with Crippen molar-refractivity contribution in [2.24, 2.45) is 0 Å². The van der Waals surface area contributed by atoms with E-state index in [4.69, 9.17) is 33.3 Å². The number of aliphatic carboxylic acids is 1. The van der Waals surface area contributed by atoms with E-state index in [1.807, 2.05) is 37.3 Å². The number of halogens is 1. The van der Waals surface area contributed by atoms with Gasteiger partial charge in [-0.2, -0.15) is 0 Å². The van der Waals surface area contributed by atoms with E-state index in [2.05, 4.69) is 0 Å². The molecule has 29 heavy (non-hydrogen) atoms. The number of hydrogen-bond donors (Lipinski definition) is 1. The number of aryl methyl sites for hydroxylation is 1. The van der Waals surface area contributed by atoms with E-state index in [9.17, 15) is 9.59 Å². The lowest BCUT2D eigenvalue weighted by molar-refractivity contribution is -0.137. The van der Waals surface area contributed by atoms with Gasteiger partial charge in [0.05, 0.1) is 4.91 Å². The zero-order chi connectivity index (χ0) is 21.0. The van der Waals surface area contributed by atoms with Crippen molar-refractivity contribution in [1.82, 2.24) is 4.90 Å². The molecule has 2 heterocycles. The highest BCUT2D eigenvalue weighted by Crippen LogP contribution is 2.34. The van der Waals surface area contributed by atoms with E-state index in [1.54, 1.807) is 11.0 Å². The van der Waals surface area contributed by atoms with Crippen LogP contribution in [0.1, 0.15) is 37.0 Å². The normalized spacial score (nSPS) is 15.5. The minimum Gasteiger partial charge on any atom is -0.481 e. The van der Waals surface area contributed by atoms with Crippen LogP contribution < -0.4 is 0 Å². The Labute approximate surface area is 183 Å². The van der Waals surface area contributed by atoms with Crippen LogP contribution >= 0.6 is 35.6 Å². The summed E-state index contributed by atoms with van der Waals surface area (Å²) in [7, 11) is 0. The van der Waals surface area contributed by atoms with Crippen molar-refractivity contribution in [3.63, 3.8) is 0 Å². The summed E-state index contributed by atoms with van der Waals surface area (Å²) in [6, 6.07) is 9.37. The van der Waals surface area contributed by atoms with Gasteiger partial charge in [0.25, 0.3) is 5.91 Å². The number of carboxylic acids is 1. The Kier molecular flexibility index (Phi) is 7.16. The smallest absolute Gasteiger partial charge is 0.303 e. The van der Waals surface area contributed by atoms with Crippen molar-refractivity contribution in [3.05, 3.63) is 51.6 Å². The van der Waals surface area contributed by atoms with Gasteiger partial charge in [0.15, 0.2) is 0 Å². The van der Waals surface area contributed by atoms with Gasteiger partial charge < -0.3 is 9.52 Å². The minimum absolute atomic E-state index is 0.144. The number of amides is 1. The summed E-state index contributed by atoms with van der Waals surface area (Å²) in [5.74, 6) is 0.296. The SMILES string of the molecule is Cc1ccc(-c2ccc(/C=C3\SC(=S)N(CCCCCC(=O)O)C3=O)o2)cc1Cl. The predicted octanol–water partition coefficient (Wildman–Crippen LogP) is 5.75. The number of carboxylic acid groups (broad SMARTS) is 1. The summed E-state index contributed by atoms with van der Waals surface area (Å²) >= 11 is 12.8. The molecule has 152 valence electrons. The van der Waals surface area contributed by atoms with E-state index in [0.717, 1.165) is 17.5 Å². The molecule has 1 amide bonds. The Morgan fingerprint density at radius 1 is 1.28 bits per heavy atom. The van der Waals surface area contributed by atoms with Crippen LogP contribution in [0.2, 0.25) is 5.02 Å². The number of furan rings is 1. The highest BCUT2D eigenvalue weighted by Gasteiger charge is 2.31. The Hall–Kier alpha value is -2.09. The summed E-state index contributed by atoms with van der Waals surface area (Å²) in [5.41, 5.74) is 1.86. The van der Waals surface area contributed by atoms with Gasteiger partial charge in [0.1, 0.15) is 15.8 Å².